The van der Waals surface area contributed by atoms with Crippen LogP contribution in [0.25, 0.3) is 0 Å². The van der Waals surface area contributed by atoms with Gasteiger partial charge in [0.15, 0.2) is 0 Å². The van der Waals surface area contributed by atoms with Crippen molar-refractivity contribution in [2.24, 2.45) is 11.7 Å². The van der Waals surface area contributed by atoms with Crippen LogP contribution >= 0.6 is 0 Å². The van der Waals surface area contributed by atoms with Crippen molar-refractivity contribution in [3.8, 4) is 0 Å². The molecule has 5 saturated heterocycles. The molecule has 6 rings (SSSR count). The van der Waals surface area contributed by atoms with Crippen LogP contribution in [0, 0.1) is 5.92 Å². The van der Waals surface area contributed by atoms with Gasteiger partial charge < -0.3 is 15.3 Å². The first-order valence-corrected chi connectivity index (χ1v) is 12.7. The van der Waals surface area contributed by atoms with Crippen molar-refractivity contribution in [1.82, 2.24) is 13.7 Å². The summed E-state index contributed by atoms with van der Waals surface area (Å²) in [4.78, 5) is 6.14. The smallest absolute Gasteiger partial charge is 0.283 e. The van der Waals surface area contributed by atoms with Gasteiger partial charge in [-0.25, -0.2) is 0 Å². The van der Waals surface area contributed by atoms with Crippen molar-refractivity contribution in [2.75, 3.05) is 19.8 Å². The summed E-state index contributed by atoms with van der Waals surface area (Å²) in [7, 11) is -3.42. The Balaban J connectivity index is 1.16. The van der Waals surface area contributed by atoms with E-state index in [0.29, 0.717) is 12.0 Å². The van der Waals surface area contributed by atoms with Crippen LogP contribution in [0.2, 0.25) is 0 Å². The van der Waals surface area contributed by atoms with Gasteiger partial charge in [0.2, 0.25) is 0 Å². The zero-order chi connectivity index (χ0) is 19.8. The van der Waals surface area contributed by atoms with Gasteiger partial charge in [-0.2, -0.15) is 17.0 Å². The molecule has 29 heavy (non-hydrogen) atoms. The third kappa shape index (κ3) is 3.00. The van der Waals surface area contributed by atoms with E-state index >= 15 is 0 Å². The minimum absolute atomic E-state index is 0.0958. The molecule has 0 spiro atoms. The van der Waals surface area contributed by atoms with Crippen LogP contribution in [0.5, 0.6) is 0 Å². The van der Waals surface area contributed by atoms with Gasteiger partial charge in [0, 0.05) is 36.3 Å². The van der Waals surface area contributed by atoms with Crippen molar-refractivity contribution in [3.63, 3.8) is 0 Å². The first-order valence-electron chi connectivity index (χ1n) is 11.3. The molecule has 0 saturated carbocycles. The average molecular weight is 425 g/mol. The Morgan fingerprint density at radius 3 is 1.93 bits per heavy atom. The number of nitrogens with two attached hydrogens (primary N) is 1. The molecule has 162 valence electrons. The van der Waals surface area contributed by atoms with E-state index in [1.165, 1.54) is 0 Å². The maximum absolute atomic E-state index is 13.7. The van der Waals surface area contributed by atoms with Crippen LogP contribution in [0.3, 0.4) is 0 Å². The Morgan fingerprint density at radius 2 is 1.41 bits per heavy atom. The molecule has 0 aromatic rings. The molecule has 6 atom stereocenters. The van der Waals surface area contributed by atoms with Crippen LogP contribution in [0.4, 0.5) is 0 Å². The highest BCUT2D eigenvalue weighted by molar-refractivity contribution is 7.86. The number of piperidine rings is 2. The normalized spacial score (nSPS) is 44.0. The van der Waals surface area contributed by atoms with Crippen LogP contribution < -0.4 is 5.73 Å². The van der Waals surface area contributed by atoms with Gasteiger partial charge in [-0.3, -0.25) is 0 Å². The molecule has 6 aliphatic heterocycles. The summed E-state index contributed by atoms with van der Waals surface area (Å²) in [5, 5.41) is 2.09. The highest BCUT2D eigenvalue weighted by Gasteiger charge is 2.55. The molecule has 9 heteroatoms. The molecule has 0 aliphatic carbocycles. The van der Waals surface area contributed by atoms with Gasteiger partial charge in [-0.15, -0.1) is 5.06 Å². The van der Waals surface area contributed by atoms with Crippen LogP contribution in [0.1, 0.15) is 51.4 Å². The van der Waals surface area contributed by atoms with Crippen molar-refractivity contribution in [1.29, 1.82) is 0 Å². The Kier molecular flexibility index (Phi) is 4.52. The molecule has 6 heterocycles. The number of hydrogen-bond acceptors (Lipinski definition) is 6. The van der Waals surface area contributed by atoms with Gasteiger partial charge >= 0.3 is 0 Å². The van der Waals surface area contributed by atoms with Gasteiger partial charge in [0.25, 0.3) is 10.2 Å². The maximum Gasteiger partial charge on any atom is 0.283 e. The molecule has 0 aromatic heterocycles. The fourth-order valence-corrected chi connectivity index (χ4v) is 9.12. The second-order valence-electron chi connectivity index (χ2n) is 9.83. The van der Waals surface area contributed by atoms with Crippen LogP contribution in [0.15, 0.2) is 11.8 Å². The monoisotopic (exact) mass is 424 g/mol. The van der Waals surface area contributed by atoms with E-state index in [1.807, 2.05) is 8.61 Å². The SMILES string of the molecule is NC1C[C@H]2CC[C@@H](C1)N2S(=O)(=O)N1[C@@H]2CC[C@H]1CC(N1CC=C(C3COC3)O1)C2. The lowest BCUT2D eigenvalue weighted by molar-refractivity contribution is -0.162. The first kappa shape index (κ1) is 19.0. The zero-order valence-corrected chi connectivity index (χ0v) is 17.7. The standard InChI is InChI=1S/C20H32N4O4S/c21-14-7-15-1-2-16(8-14)23(15)29(25,26)24-17-3-4-18(24)10-19(9-17)22-6-5-20(28-22)13-11-27-12-13/h5,13-19H,1-4,6-12,21H2/t14?,15-,16+,17-,18+,19?. The van der Waals surface area contributed by atoms with Crippen LogP contribution in [-0.4, -0.2) is 78.1 Å². The quantitative estimate of drug-likeness (QED) is 0.723. The molecule has 6 aliphatic rings. The number of rotatable bonds is 4. The van der Waals surface area contributed by atoms with Gasteiger partial charge in [-0.1, -0.05) is 0 Å². The highest BCUT2D eigenvalue weighted by Crippen LogP contribution is 2.45. The Morgan fingerprint density at radius 1 is 0.862 bits per heavy atom. The van der Waals surface area contributed by atoms with E-state index < -0.39 is 10.2 Å². The molecular weight excluding hydrogens is 392 g/mol. The second-order valence-corrected chi connectivity index (χ2v) is 11.6. The fourth-order valence-electron chi connectivity index (χ4n) is 6.63. The lowest BCUT2D eigenvalue weighted by Gasteiger charge is -2.45. The van der Waals surface area contributed by atoms with Crippen LogP contribution in [-0.2, 0) is 19.8 Å². The third-order valence-electron chi connectivity index (χ3n) is 8.02. The van der Waals surface area contributed by atoms with E-state index in [0.717, 1.165) is 76.9 Å². The summed E-state index contributed by atoms with van der Waals surface area (Å²) in [6.45, 7) is 2.31. The maximum atomic E-state index is 13.7. The van der Waals surface area contributed by atoms with Crippen molar-refractivity contribution >= 4 is 10.2 Å². The Bertz CT molecular complexity index is 772. The van der Waals surface area contributed by atoms with Crippen molar-refractivity contribution in [2.45, 2.75) is 87.6 Å². The van der Waals surface area contributed by atoms with E-state index in [2.05, 4.69) is 11.1 Å². The summed E-state index contributed by atoms with van der Waals surface area (Å²) in [6, 6.07) is 0.835. The van der Waals surface area contributed by atoms with Gasteiger partial charge in [0.05, 0.1) is 25.7 Å². The van der Waals surface area contributed by atoms with Crippen molar-refractivity contribution in [3.05, 3.63) is 11.8 Å². The minimum atomic E-state index is -3.42. The first-order chi connectivity index (χ1) is 14.0. The molecular formula is C20H32N4O4S. The summed E-state index contributed by atoms with van der Waals surface area (Å²) in [5.41, 5.74) is 6.17. The number of hydrogen-bond donors (Lipinski definition) is 1. The Labute approximate surface area is 173 Å². The molecule has 2 N–H and O–H groups in total. The van der Waals surface area contributed by atoms with E-state index in [9.17, 15) is 8.42 Å². The van der Waals surface area contributed by atoms with Gasteiger partial charge in [0.1, 0.15) is 5.76 Å². The predicted molar refractivity (Wildman–Crippen MR) is 107 cm³/mol. The molecule has 8 nitrogen and oxygen atoms in total. The molecule has 0 radical (unpaired) electrons. The molecule has 2 unspecified atom stereocenters. The third-order valence-corrected chi connectivity index (χ3v) is 10.3. The fraction of sp³-hybridized carbons (Fsp3) is 0.900. The summed E-state index contributed by atoms with van der Waals surface area (Å²) < 4.78 is 36.5. The molecule has 0 aromatic carbocycles. The topological polar surface area (TPSA) is 88.3 Å². The summed E-state index contributed by atoms with van der Waals surface area (Å²) >= 11 is 0. The Hall–Kier alpha value is -0.710. The zero-order valence-electron chi connectivity index (χ0n) is 16.9. The number of hydroxylamine groups is 2. The number of fused-ring (bicyclic) bond motifs is 4. The van der Waals surface area contributed by atoms with Gasteiger partial charge in [-0.05, 0) is 57.4 Å². The van der Waals surface area contributed by atoms with E-state index in [1.54, 1.807) is 0 Å². The number of ether oxygens (including phenoxy) is 1. The number of nitrogens with zero attached hydrogens (tertiary/aromatic N) is 3. The largest absolute Gasteiger partial charge is 0.410 e. The highest BCUT2D eigenvalue weighted by atomic mass is 32.2. The minimum Gasteiger partial charge on any atom is -0.410 e. The average Bonchev–Trinajstić information content (AvgIpc) is 3.29. The lowest BCUT2D eigenvalue weighted by atomic mass is 9.99. The predicted octanol–water partition coefficient (Wildman–Crippen LogP) is 0.958. The molecule has 5 fully saturated rings. The summed E-state index contributed by atoms with van der Waals surface area (Å²) in [6.07, 6.45) is 9.37. The molecule has 4 bridgehead atoms. The molecule has 0 amide bonds. The van der Waals surface area contributed by atoms with E-state index in [4.69, 9.17) is 15.3 Å². The van der Waals surface area contributed by atoms with E-state index in [-0.39, 0.29) is 30.2 Å². The van der Waals surface area contributed by atoms with Crippen molar-refractivity contribution < 1.29 is 18.0 Å². The lowest BCUT2D eigenvalue weighted by Crippen LogP contribution is -2.59. The second kappa shape index (κ2) is 6.90. The summed E-state index contributed by atoms with van der Waals surface area (Å²) in [5.74, 6) is 1.44.